The summed E-state index contributed by atoms with van der Waals surface area (Å²) in [5, 5.41) is 0. The zero-order chi connectivity index (χ0) is 34.9. The summed E-state index contributed by atoms with van der Waals surface area (Å²) in [6.45, 7) is 30.9. The molecule has 0 radical (unpaired) electrons. The van der Waals surface area contributed by atoms with Crippen LogP contribution in [0.25, 0.3) is 0 Å². The van der Waals surface area contributed by atoms with E-state index in [-0.39, 0.29) is 60.1 Å². The highest BCUT2D eigenvalue weighted by Gasteiger charge is 2.04. The van der Waals surface area contributed by atoms with Crippen LogP contribution in [0, 0.1) is 17.8 Å². The predicted octanol–water partition coefficient (Wildman–Crippen LogP) is 11.1. The standard InChI is InChI=1S/C15H30O4.C14H28O3.C8H18O.4CH4/c1-13(2)7-9-18-12-15(16)6-5-8-17-10-11-19-14(3)4;1-12(2)7-10-16-9-5-6-14(15)8-11-17-13(3)4;1-7(2)5-6-9-8(3)4;;;;/h13-14H,5-12H2,1-4H3;12-13H,5-11H2,1-4H3;7-8H,5-6H2,1-4H3;4*1H4. The van der Waals surface area contributed by atoms with Crippen molar-refractivity contribution in [2.45, 2.75) is 182 Å². The first kappa shape index (κ1) is 63.2. The second-order valence-electron chi connectivity index (χ2n) is 13.6. The Morgan fingerprint density at radius 3 is 1.20 bits per heavy atom. The molecule has 0 aliphatic carbocycles. The van der Waals surface area contributed by atoms with Gasteiger partial charge in [0.15, 0.2) is 5.78 Å². The average molecular weight is 713 g/mol. The summed E-state index contributed by atoms with van der Waals surface area (Å²) >= 11 is 0. The topological polar surface area (TPSA) is 89.5 Å². The molecule has 0 atom stereocenters. The summed E-state index contributed by atoms with van der Waals surface area (Å²) in [4.78, 5) is 22.9. The molecule has 0 aromatic carbocycles. The molecule has 0 aromatic rings. The third-order valence-electron chi connectivity index (χ3n) is 6.09. The molecule has 8 heteroatoms. The zero-order valence-corrected chi connectivity index (χ0v) is 31.8. The van der Waals surface area contributed by atoms with E-state index in [1.165, 1.54) is 6.42 Å². The van der Waals surface area contributed by atoms with Gasteiger partial charge in [0.2, 0.25) is 0 Å². The van der Waals surface area contributed by atoms with Crippen LogP contribution >= 0.6 is 0 Å². The fourth-order valence-corrected chi connectivity index (χ4v) is 3.26. The smallest absolute Gasteiger partial charge is 0.158 e. The van der Waals surface area contributed by atoms with Crippen molar-refractivity contribution < 1.29 is 38.0 Å². The van der Waals surface area contributed by atoms with Gasteiger partial charge in [0.05, 0.1) is 38.1 Å². The van der Waals surface area contributed by atoms with Gasteiger partial charge in [-0.3, -0.25) is 9.59 Å². The van der Waals surface area contributed by atoms with Crippen LogP contribution < -0.4 is 0 Å². The summed E-state index contributed by atoms with van der Waals surface area (Å²) in [7, 11) is 0. The molecule has 0 rings (SSSR count). The van der Waals surface area contributed by atoms with Gasteiger partial charge in [-0.15, -0.1) is 0 Å². The SMILES string of the molecule is C.C.C.C.CC(C)CCOC(C)C.CC(C)CCOCC(=O)CCCOCCOC(C)C.CC(C)CCOCCCC(=O)CCOC(C)C. The van der Waals surface area contributed by atoms with Crippen molar-refractivity contribution in [3.63, 3.8) is 0 Å². The van der Waals surface area contributed by atoms with Gasteiger partial charge < -0.3 is 28.4 Å². The first-order valence-corrected chi connectivity index (χ1v) is 17.8. The highest BCUT2D eigenvalue weighted by atomic mass is 16.5. The van der Waals surface area contributed by atoms with Crippen LogP contribution in [0.4, 0.5) is 0 Å². The number of carbonyl (C=O) groups is 2. The lowest BCUT2D eigenvalue weighted by molar-refractivity contribution is -0.124. The Bertz CT molecular complexity index is 611. The van der Waals surface area contributed by atoms with E-state index in [2.05, 4.69) is 55.4 Å². The van der Waals surface area contributed by atoms with Gasteiger partial charge >= 0.3 is 0 Å². The molecule has 0 aliphatic rings. The second-order valence-corrected chi connectivity index (χ2v) is 13.6. The molecular weight excluding hydrogens is 620 g/mol. The maximum Gasteiger partial charge on any atom is 0.158 e. The molecule has 0 heterocycles. The summed E-state index contributed by atoms with van der Waals surface area (Å²) in [6, 6.07) is 0. The van der Waals surface area contributed by atoms with Gasteiger partial charge in [0.1, 0.15) is 12.4 Å². The largest absolute Gasteiger partial charge is 0.381 e. The Morgan fingerprint density at radius 2 is 0.755 bits per heavy atom. The maximum atomic E-state index is 11.5. The number of rotatable bonds is 28. The number of Topliss-reactive ketones (excluding diaryl/α,β-unsaturated/α-hetero) is 2. The summed E-state index contributed by atoms with van der Waals surface area (Å²) < 4.78 is 32.2. The molecule has 0 bridgehead atoms. The highest BCUT2D eigenvalue weighted by Crippen LogP contribution is 2.03. The lowest BCUT2D eigenvalue weighted by Gasteiger charge is -2.08. The fourth-order valence-electron chi connectivity index (χ4n) is 3.26. The molecular formula is C41H92O8. The van der Waals surface area contributed by atoms with Crippen LogP contribution in [0.2, 0.25) is 0 Å². The zero-order valence-electron chi connectivity index (χ0n) is 31.8. The molecule has 49 heavy (non-hydrogen) atoms. The minimum atomic E-state index is 0. The molecule has 0 saturated heterocycles. The van der Waals surface area contributed by atoms with Gasteiger partial charge in [0.25, 0.3) is 0 Å². The summed E-state index contributed by atoms with van der Waals surface area (Å²) in [5.41, 5.74) is 0. The van der Waals surface area contributed by atoms with E-state index in [0.717, 1.165) is 44.8 Å². The Hall–Kier alpha value is -0.900. The lowest BCUT2D eigenvalue weighted by Crippen LogP contribution is -2.13. The van der Waals surface area contributed by atoms with Crippen molar-refractivity contribution in [3.8, 4) is 0 Å². The average Bonchev–Trinajstić information content (AvgIpc) is 2.92. The molecule has 0 spiro atoms. The van der Waals surface area contributed by atoms with E-state index < -0.39 is 0 Å². The quantitative estimate of drug-likeness (QED) is 0.0741. The summed E-state index contributed by atoms with van der Waals surface area (Å²) in [6.07, 6.45) is 7.40. The van der Waals surface area contributed by atoms with Gasteiger partial charge in [0, 0.05) is 52.3 Å². The van der Waals surface area contributed by atoms with Crippen molar-refractivity contribution in [2.75, 3.05) is 59.5 Å². The van der Waals surface area contributed by atoms with E-state index in [4.69, 9.17) is 28.4 Å². The van der Waals surface area contributed by atoms with Crippen molar-refractivity contribution in [3.05, 3.63) is 0 Å². The van der Waals surface area contributed by atoms with Crippen LogP contribution in [-0.2, 0) is 38.0 Å². The second kappa shape index (κ2) is 47.1. The van der Waals surface area contributed by atoms with Gasteiger partial charge in [-0.2, -0.15) is 0 Å². The van der Waals surface area contributed by atoms with Crippen LogP contribution in [0.3, 0.4) is 0 Å². The molecule has 304 valence electrons. The van der Waals surface area contributed by atoms with E-state index in [0.29, 0.717) is 76.8 Å². The van der Waals surface area contributed by atoms with Crippen molar-refractivity contribution in [1.82, 2.24) is 0 Å². The van der Waals surface area contributed by atoms with Gasteiger partial charge in [-0.1, -0.05) is 71.2 Å². The van der Waals surface area contributed by atoms with E-state index in [1.54, 1.807) is 0 Å². The van der Waals surface area contributed by atoms with Gasteiger partial charge in [-0.05, 0) is 91.4 Å². The number of carbonyl (C=O) groups excluding carboxylic acids is 2. The number of ether oxygens (including phenoxy) is 6. The fraction of sp³-hybridized carbons (Fsp3) is 0.951. The Labute approximate surface area is 308 Å². The molecule has 0 N–H and O–H groups in total. The molecule has 0 aromatic heterocycles. The minimum absolute atomic E-state index is 0. The third kappa shape index (κ3) is 69.6. The summed E-state index contributed by atoms with van der Waals surface area (Å²) in [5.74, 6) is 2.51. The van der Waals surface area contributed by atoms with E-state index in [1.807, 2.05) is 27.7 Å². The van der Waals surface area contributed by atoms with Crippen LogP contribution in [-0.4, -0.2) is 89.3 Å². The molecule has 0 aliphatic heterocycles. The number of hydrogen-bond donors (Lipinski definition) is 0. The van der Waals surface area contributed by atoms with Crippen LogP contribution in [0.1, 0.15) is 164 Å². The van der Waals surface area contributed by atoms with Crippen molar-refractivity contribution in [2.24, 2.45) is 17.8 Å². The normalized spacial score (nSPS) is 10.5. The van der Waals surface area contributed by atoms with E-state index >= 15 is 0 Å². The molecule has 0 amide bonds. The molecule has 8 nitrogen and oxygen atoms in total. The predicted molar refractivity (Wildman–Crippen MR) is 214 cm³/mol. The maximum absolute atomic E-state index is 11.5. The molecule has 0 fully saturated rings. The Morgan fingerprint density at radius 1 is 0.388 bits per heavy atom. The first-order chi connectivity index (χ1) is 21.2. The number of hydrogen-bond acceptors (Lipinski definition) is 8. The minimum Gasteiger partial charge on any atom is -0.381 e. The highest BCUT2D eigenvalue weighted by molar-refractivity contribution is 5.79. The first-order valence-electron chi connectivity index (χ1n) is 17.8. The third-order valence-corrected chi connectivity index (χ3v) is 6.09. The van der Waals surface area contributed by atoms with Crippen LogP contribution in [0.15, 0.2) is 0 Å². The lowest BCUT2D eigenvalue weighted by atomic mass is 10.1. The van der Waals surface area contributed by atoms with Crippen molar-refractivity contribution >= 4 is 11.6 Å². The van der Waals surface area contributed by atoms with Crippen LogP contribution in [0.5, 0.6) is 0 Å². The molecule has 0 saturated carbocycles. The Balaban J connectivity index is -0.000000109. The number of ketones is 2. The monoisotopic (exact) mass is 713 g/mol. The van der Waals surface area contributed by atoms with E-state index in [9.17, 15) is 9.59 Å². The van der Waals surface area contributed by atoms with Gasteiger partial charge in [-0.25, -0.2) is 0 Å². The molecule has 0 unspecified atom stereocenters. The Kier molecular flexibility index (Phi) is 60.7. The van der Waals surface area contributed by atoms with Crippen molar-refractivity contribution in [1.29, 1.82) is 0 Å².